The molecular formula is C27H44FN3O5. The maximum atomic E-state index is 14.6. The fourth-order valence-electron chi connectivity index (χ4n) is 5.00. The van der Waals surface area contributed by atoms with Gasteiger partial charge >= 0.3 is 0 Å². The molecule has 0 unspecified atom stereocenters. The molecule has 2 fully saturated rings. The molecule has 36 heavy (non-hydrogen) atoms. The number of aliphatic hydroxyl groups is 3. The number of hydrogen-bond donors (Lipinski definition) is 5. The van der Waals surface area contributed by atoms with E-state index in [0.717, 1.165) is 31.8 Å². The summed E-state index contributed by atoms with van der Waals surface area (Å²) < 4.78 is 20.4. The molecule has 0 radical (unpaired) electrons. The summed E-state index contributed by atoms with van der Waals surface area (Å²) in [6.45, 7) is 4.47. The molecular weight excluding hydrogens is 465 g/mol. The minimum atomic E-state index is -0.906. The molecule has 5 N–H and O–H groups in total. The van der Waals surface area contributed by atoms with E-state index in [1.165, 1.54) is 18.9 Å². The van der Waals surface area contributed by atoms with Crippen molar-refractivity contribution in [1.29, 1.82) is 0 Å². The molecule has 2 aliphatic rings. The van der Waals surface area contributed by atoms with Crippen molar-refractivity contribution < 1.29 is 29.2 Å². The SMILES string of the molecule is O=C(Cc1ccc(OCCCC2CCNCC2)cc1F)N1CCC(O)(CNCC[C@H](O)CCO)CC1. The van der Waals surface area contributed by atoms with Gasteiger partial charge in [-0.25, -0.2) is 4.39 Å². The number of hydrogen-bond acceptors (Lipinski definition) is 7. The quantitative estimate of drug-likeness (QED) is 0.242. The lowest BCUT2D eigenvalue weighted by molar-refractivity contribution is -0.134. The van der Waals surface area contributed by atoms with Crippen molar-refractivity contribution in [2.24, 2.45) is 5.92 Å². The first kappa shape index (κ1) is 28.8. The maximum Gasteiger partial charge on any atom is 0.227 e. The molecule has 1 aromatic carbocycles. The van der Waals surface area contributed by atoms with Gasteiger partial charge in [-0.15, -0.1) is 0 Å². The first-order valence-electron chi connectivity index (χ1n) is 13.5. The van der Waals surface area contributed by atoms with Crippen LogP contribution in [0.15, 0.2) is 18.2 Å². The Balaban J connectivity index is 1.35. The number of ether oxygens (including phenoxy) is 1. The number of carbonyl (C=O) groups is 1. The summed E-state index contributed by atoms with van der Waals surface area (Å²) in [6, 6.07) is 4.73. The Bertz CT molecular complexity index is 798. The van der Waals surface area contributed by atoms with Crippen LogP contribution in [0.25, 0.3) is 0 Å². The fourth-order valence-corrected chi connectivity index (χ4v) is 5.00. The summed E-state index contributed by atoms with van der Waals surface area (Å²) in [4.78, 5) is 14.4. The zero-order chi connectivity index (χ0) is 25.8. The third-order valence-electron chi connectivity index (χ3n) is 7.47. The van der Waals surface area contributed by atoms with Gasteiger partial charge in [-0.1, -0.05) is 6.07 Å². The average Bonchev–Trinajstić information content (AvgIpc) is 2.87. The van der Waals surface area contributed by atoms with Gasteiger partial charge < -0.3 is 35.6 Å². The van der Waals surface area contributed by atoms with Crippen LogP contribution in [0.5, 0.6) is 5.75 Å². The summed E-state index contributed by atoms with van der Waals surface area (Å²) >= 11 is 0. The monoisotopic (exact) mass is 509 g/mol. The number of benzene rings is 1. The Labute approximate surface area is 214 Å². The van der Waals surface area contributed by atoms with Crippen LogP contribution in [0.4, 0.5) is 4.39 Å². The Hall–Kier alpha value is -1.78. The topological polar surface area (TPSA) is 114 Å². The number of carbonyl (C=O) groups excluding carboxylic acids is 1. The largest absolute Gasteiger partial charge is 0.493 e. The normalized spacial score (nSPS) is 19.3. The van der Waals surface area contributed by atoms with E-state index in [1.807, 2.05) is 0 Å². The van der Waals surface area contributed by atoms with E-state index < -0.39 is 17.5 Å². The van der Waals surface area contributed by atoms with E-state index in [0.29, 0.717) is 69.8 Å². The van der Waals surface area contributed by atoms with Crippen LogP contribution >= 0.6 is 0 Å². The smallest absolute Gasteiger partial charge is 0.227 e. The Morgan fingerprint density at radius 3 is 2.69 bits per heavy atom. The van der Waals surface area contributed by atoms with Crippen LogP contribution < -0.4 is 15.4 Å². The van der Waals surface area contributed by atoms with E-state index in [9.17, 15) is 19.4 Å². The number of piperidine rings is 2. The molecule has 1 aromatic rings. The second kappa shape index (κ2) is 14.8. The number of nitrogens with zero attached hydrogens (tertiary/aromatic N) is 1. The first-order valence-corrected chi connectivity index (χ1v) is 13.5. The van der Waals surface area contributed by atoms with Crippen LogP contribution in [0, 0.1) is 11.7 Å². The Morgan fingerprint density at radius 2 is 2.00 bits per heavy atom. The molecule has 0 aromatic heterocycles. The first-order chi connectivity index (χ1) is 17.4. The van der Waals surface area contributed by atoms with E-state index >= 15 is 0 Å². The zero-order valence-electron chi connectivity index (χ0n) is 21.4. The van der Waals surface area contributed by atoms with Crippen LogP contribution in [0.1, 0.15) is 56.9 Å². The molecule has 8 nitrogen and oxygen atoms in total. The van der Waals surface area contributed by atoms with Crippen LogP contribution in [-0.4, -0.2) is 90.3 Å². The van der Waals surface area contributed by atoms with Gasteiger partial charge in [0.25, 0.3) is 0 Å². The lowest BCUT2D eigenvalue weighted by atomic mass is 9.91. The van der Waals surface area contributed by atoms with Gasteiger partial charge in [0, 0.05) is 32.3 Å². The van der Waals surface area contributed by atoms with Crippen molar-refractivity contribution in [1.82, 2.24) is 15.5 Å². The van der Waals surface area contributed by atoms with Crippen molar-refractivity contribution in [3.63, 3.8) is 0 Å². The van der Waals surface area contributed by atoms with E-state index in [2.05, 4.69) is 10.6 Å². The molecule has 0 aliphatic carbocycles. The summed E-state index contributed by atoms with van der Waals surface area (Å²) in [5.41, 5.74) is -0.553. The number of halogens is 1. The van der Waals surface area contributed by atoms with Gasteiger partial charge in [0.1, 0.15) is 11.6 Å². The second-order valence-electron chi connectivity index (χ2n) is 10.4. The van der Waals surface area contributed by atoms with Gasteiger partial charge in [0.05, 0.1) is 24.7 Å². The molecule has 0 saturated carbocycles. The molecule has 0 bridgehead atoms. The number of rotatable bonds is 14. The third-order valence-corrected chi connectivity index (χ3v) is 7.47. The summed E-state index contributed by atoms with van der Waals surface area (Å²) in [6.07, 6.45) is 5.68. The standard InChI is InChI=1S/C27H44FN3O5/c28-25-19-24(36-17-1-2-21-5-11-29-12-6-21)4-3-22(25)18-26(34)31-14-9-27(35,10-15-31)20-30-13-7-23(33)8-16-32/h3-4,19,21,23,29-30,32-33,35H,1-2,5-18,20H2/t23-/m0/s1. The van der Waals surface area contributed by atoms with Gasteiger partial charge in [0.15, 0.2) is 0 Å². The van der Waals surface area contributed by atoms with E-state index in [-0.39, 0.29) is 18.9 Å². The number of aliphatic hydroxyl groups excluding tert-OH is 2. The van der Waals surface area contributed by atoms with Crippen molar-refractivity contribution >= 4 is 5.91 Å². The summed E-state index contributed by atoms with van der Waals surface area (Å²) in [5.74, 6) is 0.666. The van der Waals surface area contributed by atoms with Crippen molar-refractivity contribution in [2.75, 3.05) is 52.5 Å². The molecule has 0 spiro atoms. The predicted octanol–water partition coefficient (Wildman–Crippen LogP) is 1.60. The number of amides is 1. The minimum absolute atomic E-state index is 0.0126. The van der Waals surface area contributed by atoms with Crippen molar-refractivity contribution in [2.45, 2.75) is 69.5 Å². The van der Waals surface area contributed by atoms with Gasteiger partial charge in [0.2, 0.25) is 5.91 Å². The minimum Gasteiger partial charge on any atom is -0.493 e. The second-order valence-corrected chi connectivity index (χ2v) is 10.4. The number of nitrogens with one attached hydrogen (secondary N) is 2. The molecule has 9 heteroatoms. The molecule has 2 heterocycles. The Kier molecular flexibility index (Phi) is 11.9. The lowest BCUT2D eigenvalue weighted by Gasteiger charge is -2.38. The van der Waals surface area contributed by atoms with Crippen molar-refractivity contribution in [3.8, 4) is 5.75 Å². The molecule has 2 saturated heterocycles. The molecule has 3 rings (SSSR count). The van der Waals surface area contributed by atoms with Crippen LogP contribution in [0.3, 0.4) is 0 Å². The highest BCUT2D eigenvalue weighted by Gasteiger charge is 2.33. The zero-order valence-corrected chi connectivity index (χ0v) is 21.4. The molecule has 204 valence electrons. The van der Waals surface area contributed by atoms with Crippen LogP contribution in [0.2, 0.25) is 0 Å². The molecule has 1 amide bonds. The number of likely N-dealkylation sites (tertiary alicyclic amines) is 1. The molecule has 2 aliphatic heterocycles. The average molecular weight is 510 g/mol. The third kappa shape index (κ3) is 9.59. The molecule has 1 atom stereocenters. The highest BCUT2D eigenvalue weighted by molar-refractivity contribution is 5.79. The lowest BCUT2D eigenvalue weighted by Crippen LogP contribution is -2.51. The summed E-state index contributed by atoms with van der Waals surface area (Å²) in [7, 11) is 0. The summed E-state index contributed by atoms with van der Waals surface area (Å²) in [5, 5.41) is 35.8. The van der Waals surface area contributed by atoms with E-state index in [1.54, 1.807) is 17.0 Å². The van der Waals surface area contributed by atoms with Gasteiger partial charge in [-0.2, -0.15) is 0 Å². The van der Waals surface area contributed by atoms with Crippen molar-refractivity contribution in [3.05, 3.63) is 29.6 Å². The predicted molar refractivity (Wildman–Crippen MR) is 136 cm³/mol. The maximum absolute atomic E-state index is 14.6. The fraction of sp³-hybridized carbons (Fsp3) is 0.741. The highest BCUT2D eigenvalue weighted by Crippen LogP contribution is 2.24. The Morgan fingerprint density at radius 1 is 1.25 bits per heavy atom. The van der Waals surface area contributed by atoms with Gasteiger partial charge in [-0.05, 0) is 88.5 Å². The van der Waals surface area contributed by atoms with Crippen LogP contribution in [-0.2, 0) is 11.2 Å². The highest BCUT2D eigenvalue weighted by atomic mass is 19.1. The van der Waals surface area contributed by atoms with Gasteiger partial charge in [-0.3, -0.25) is 4.79 Å². The van der Waals surface area contributed by atoms with E-state index in [4.69, 9.17) is 9.84 Å².